The first-order valence-electron chi connectivity index (χ1n) is 5.77. The van der Waals surface area contributed by atoms with Crippen molar-refractivity contribution in [2.75, 3.05) is 0 Å². The third kappa shape index (κ3) is 3.12. The molecule has 0 amide bonds. The standard InChI is InChI=1S/C13H13BrF2N2O/c1-8(2)18-7-10(6-17-18)19-13-11(15)3-9(5-14)4-12(13)16/h3-4,6-8H,5H2,1-2H3. The second-order valence-corrected chi connectivity index (χ2v) is 4.93. The van der Waals surface area contributed by atoms with E-state index in [0.717, 1.165) is 0 Å². The third-order valence-corrected chi connectivity index (χ3v) is 3.19. The minimum atomic E-state index is -0.730. The highest BCUT2D eigenvalue weighted by Gasteiger charge is 2.14. The van der Waals surface area contributed by atoms with Gasteiger partial charge < -0.3 is 4.74 Å². The van der Waals surface area contributed by atoms with Crippen molar-refractivity contribution in [3.05, 3.63) is 41.7 Å². The van der Waals surface area contributed by atoms with Gasteiger partial charge in [0.15, 0.2) is 23.1 Å². The maximum Gasteiger partial charge on any atom is 0.198 e. The van der Waals surface area contributed by atoms with Crippen LogP contribution < -0.4 is 4.74 Å². The van der Waals surface area contributed by atoms with E-state index < -0.39 is 17.4 Å². The van der Waals surface area contributed by atoms with E-state index in [1.165, 1.54) is 18.3 Å². The molecule has 2 rings (SSSR count). The quantitative estimate of drug-likeness (QED) is 0.775. The van der Waals surface area contributed by atoms with Crippen LogP contribution >= 0.6 is 15.9 Å². The highest BCUT2D eigenvalue weighted by Crippen LogP contribution is 2.29. The van der Waals surface area contributed by atoms with Gasteiger partial charge in [0, 0.05) is 11.4 Å². The van der Waals surface area contributed by atoms with Crippen LogP contribution in [0.2, 0.25) is 0 Å². The highest BCUT2D eigenvalue weighted by atomic mass is 79.9. The summed E-state index contributed by atoms with van der Waals surface area (Å²) in [4.78, 5) is 0. The van der Waals surface area contributed by atoms with E-state index in [-0.39, 0.29) is 6.04 Å². The number of alkyl halides is 1. The van der Waals surface area contributed by atoms with Crippen molar-refractivity contribution in [3.63, 3.8) is 0 Å². The maximum atomic E-state index is 13.7. The van der Waals surface area contributed by atoms with Gasteiger partial charge in [-0.05, 0) is 31.5 Å². The Morgan fingerprint density at radius 2 is 1.95 bits per heavy atom. The molecule has 102 valence electrons. The number of hydrogen-bond donors (Lipinski definition) is 0. The van der Waals surface area contributed by atoms with Crippen LogP contribution in [-0.2, 0) is 5.33 Å². The summed E-state index contributed by atoms with van der Waals surface area (Å²) in [6.07, 6.45) is 3.03. The molecule has 2 aromatic rings. The summed E-state index contributed by atoms with van der Waals surface area (Å²) in [6, 6.07) is 2.63. The molecule has 0 fully saturated rings. The molecule has 0 radical (unpaired) electrons. The number of halogens is 3. The van der Waals surface area contributed by atoms with Crippen molar-refractivity contribution >= 4 is 15.9 Å². The van der Waals surface area contributed by atoms with Crippen LogP contribution in [0.25, 0.3) is 0 Å². The second-order valence-electron chi connectivity index (χ2n) is 4.37. The largest absolute Gasteiger partial charge is 0.448 e. The zero-order chi connectivity index (χ0) is 14.0. The average molecular weight is 331 g/mol. The highest BCUT2D eigenvalue weighted by molar-refractivity contribution is 9.08. The monoisotopic (exact) mass is 330 g/mol. The van der Waals surface area contributed by atoms with Gasteiger partial charge in [0.1, 0.15) is 0 Å². The molecule has 0 saturated heterocycles. The van der Waals surface area contributed by atoms with E-state index in [2.05, 4.69) is 21.0 Å². The van der Waals surface area contributed by atoms with Crippen LogP contribution in [0.3, 0.4) is 0 Å². The van der Waals surface area contributed by atoms with Gasteiger partial charge in [-0.25, -0.2) is 8.78 Å². The summed E-state index contributed by atoms with van der Waals surface area (Å²) in [5.41, 5.74) is 0.514. The fraction of sp³-hybridized carbons (Fsp3) is 0.308. The lowest BCUT2D eigenvalue weighted by Crippen LogP contribution is -1.99. The molecule has 3 nitrogen and oxygen atoms in total. The van der Waals surface area contributed by atoms with E-state index >= 15 is 0 Å². The lowest BCUT2D eigenvalue weighted by Gasteiger charge is -2.07. The molecular formula is C13H13BrF2N2O. The van der Waals surface area contributed by atoms with Crippen molar-refractivity contribution in [3.8, 4) is 11.5 Å². The Kier molecular flexibility index (Phi) is 4.19. The van der Waals surface area contributed by atoms with Gasteiger partial charge in [0.05, 0.1) is 12.4 Å². The number of aromatic nitrogens is 2. The lowest BCUT2D eigenvalue weighted by atomic mass is 10.2. The van der Waals surface area contributed by atoms with E-state index in [1.54, 1.807) is 10.9 Å². The Labute approximate surface area is 118 Å². The molecule has 0 bridgehead atoms. The molecule has 0 aliphatic carbocycles. The summed E-state index contributed by atoms with van der Waals surface area (Å²) in [7, 11) is 0. The molecule has 1 aromatic carbocycles. The summed E-state index contributed by atoms with van der Waals surface area (Å²) in [6.45, 7) is 3.89. The first kappa shape index (κ1) is 14.0. The van der Waals surface area contributed by atoms with Gasteiger partial charge in [-0.3, -0.25) is 4.68 Å². The van der Waals surface area contributed by atoms with Gasteiger partial charge in [-0.15, -0.1) is 0 Å². The average Bonchev–Trinajstić information content (AvgIpc) is 2.82. The molecule has 0 N–H and O–H groups in total. The van der Waals surface area contributed by atoms with Gasteiger partial charge in [-0.1, -0.05) is 15.9 Å². The maximum absolute atomic E-state index is 13.7. The Hall–Kier alpha value is -1.43. The van der Waals surface area contributed by atoms with Gasteiger partial charge >= 0.3 is 0 Å². The van der Waals surface area contributed by atoms with Crippen LogP contribution in [-0.4, -0.2) is 9.78 Å². The van der Waals surface area contributed by atoms with E-state index in [1.807, 2.05) is 13.8 Å². The van der Waals surface area contributed by atoms with Gasteiger partial charge in [0.25, 0.3) is 0 Å². The molecular weight excluding hydrogens is 318 g/mol. The van der Waals surface area contributed by atoms with Crippen LogP contribution in [0.1, 0.15) is 25.5 Å². The van der Waals surface area contributed by atoms with Gasteiger partial charge in [-0.2, -0.15) is 5.10 Å². The molecule has 6 heteroatoms. The second kappa shape index (κ2) is 5.69. The van der Waals surface area contributed by atoms with Crippen molar-refractivity contribution in [1.82, 2.24) is 9.78 Å². The Balaban J connectivity index is 2.27. The summed E-state index contributed by atoms with van der Waals surface area (Å²) >= 11 is 3.15. The Morgan fingerprint density at radius 3 is 2.42 bits per heavy atom. The van der Waals surface area contributed by atoms with Crippen LogP contribution in [0.15, 0.2) is 24.5 Å². The van der Waals surface area contributed by atoms with Crippen molar-refractivity contribution in [2.24, 2.45) is 0 Å². The first-order chi connectivity index (χ1) is 9.01. The fourth-order valence-electron chi connectivity index (χ4n) is 1.56. The number of hydrogen-bond acceptors (Lipinski definition) is 2. The summed E-state index contributed by atoms with van der Waals surface area (Å²) in [5.74, 6) is -1.57. The van der Waals surface area contributed by atoms with Crippen LogP contribution in [0.5, 0.6) is 11.5 Å². The zero-order valence-electron chi connectivity index (χ0n) is 10.5. The van der Waals surface area contributed by atoms with E-state index in [0.29, 0.717) is 16.6 Å². The topological polar surface area (TPSA) is 27.1 Å². The Bertz CT molecular complexity index is 561. The van der Waals surface area contributed by atoms with E-state index in [4.69, 9.17) is 4.74 Å². The number of benzene rings is 1. The molecule has 0 spiro atoms. The fourth-order valence-corrected chi connectivity index (χ4v) is 1.88. The lowest BCUT2D eigenvalue weighted by molar-refractivity contribution is 0.405. The molecule has 0 atom stereocenters. The zero-order valence-corrected chi connectivity index (χ0v) is 12.1. The van der Waals surface area contributed by atoms with Crippen molar-refractivity contribution in [1.29, 1.82) is 0 Å². The van der Waals surface area contributed by atoms with Crippen LogP contribution in [0.4, 0.5) is 8.78 Å². The molecule has 0 saturated carbocycles. The number of nitrogens with zero attached hydrogens (tertiary/aromatic N) is 2. The smallest absolute Gasteiger partial charge is 0.198 e. The third-order valence-electron chi connectivity index (χ3n) is 2.54. The minimum Gasteiger partial charge on any atom is -0.448 e. The number of rotatable bonds is 4. The SMILES string of the molecule is CC(C)n1cc(Oc2c(F)cc(CBr)cc2F)cn1. The predicted octanol–water partition coefficient (Wildman–Crippen LogP) is 4.43. The minimum absolute atomic E-state index is 0.155. The predicted molar refractivity (Wildman–Crippen MR) is 71.7 cm³/mol. The van der Waals surface area contributed by atoms with Crippen molar-refractivity contribution < 1.29 is 13.5 Å². The summed E-state index contributed by atoms with van der Waals surface area (Å²) < 4.78 is 34.3. The molecule has 0 unspecified atom stereocenters. The number of ether oxygens (including phenoxy) is 1. The molecule has 0 aliphatic heterocycles. The van der Waals surface area contributed by atoms with Gasteiger partial charge in [0.2, 0.25) is 0 Å². The van der Waals surface area contributed by atoms with E-state index in [9.17, 15) is 8.78 Å². The molecule has 1 aromatic heterocycles. The summed E-state index contributed by atoms with van der Waals surface area (Å²) in [5, 5.41) is 4.43. The first-order valence-corrected chi connectivity index (χ1v) is 6.89. The molecule has 1 heterocycles. The normalized spacial score (nSPS) is 11.1. The molecule has 19 heavy (non-hydrogen) atoms. The van der Waals surface area contributed by atoms with Crippen molar-refractivity contribution in [2.45, 2.75) is 25.2 Å². The Morgan fingerprint density at radius 1 is 1.32 bits per heavy atom. The van der Waals surface area contributed by atoms with Crippen LogP contribution in [0, 0.1) is 11.6 Å². The molecule has 0 aliphatic rings.